The second-order valence-corrected chi connectivity index (χ2v) is 6.07. The van der Waals surface area contributed by atoms with Crippen molar-refractivity contribution in [3.05, 3.63) is 63.8 Å². The average molecular weight is 360 g/mol. The Morgan fingerprint density at radius 3 is 2.38 bits per heavy atom. The normalized spacial score (nSPS) is 10.5. The SMILES string of the molecule is Cc1cccc(Nc2cnnc(Nc3c(Cl)cccc3Cl)n2)c1C. The van der Waals surface area contributed by atoms with Gasteiger partial charge in [0, 0.05) is 5.69 Å². The minimum Gasteiger partial charge on any atom is -0.339 e. The Morgan fingerprint density at radius 1 is 0.917 bits per heavy atom. The van der Waals surface area contributed by atoms with Crippen LogP contribution in [0.2, 0.25) is 10.0 Å². The van der Waals surface area contributed by atoms with E-state index < -0.39 is 0 Å². The molecule has 7 heteroatoms. The van der Waals surface area contributed by atoms with Gasteiger partial charge in [-0.15, -0.1) is 5.10 Å². The summed E-state index contributed by atoms with van der Waals surface area (Å²) in [6, 6.07) is 11.3. The zero-order chi connectivity index (χ0) is 17.1. The fourth-order valence-electron chi connectivity index (χ4n) is 2.17. The third kappa shape index (κ3) is 3.58. The quantitative estimate of drug-likeness (QED) is 0.663. The number of halogens is 2. The first-order valence-electron chi connectivity index (χ1n) is 7.28. The molecule has 3 rings (SSSR count). The number of nitrogens with one attached hydrogen (secondary N) is 2. The molecule has 1 heterocycles. The van der Waals surface area contributed by atoms with E-state index in [9.17, 15) is 0 Å². The molecule has 0 radical (unpaired) electrons. The monoisotopic (exact) mass is 359 g/mol. The molecule has 3 aromatic rings. The molecule has 0 aliphatic carbocycles. The number of aryl methyl sites for hydroxylation is 1. The number of rotatable bonds is 4. The molecule has 0 saturated carbocycles. The van der Waals surface area contributed by atoms with Crippen molar-refractivity contribution in [2.24, 2.45) is 0 Å². The van der Waals surface area contributed by atoms with E-state index in [-0.39, 0.29) is 0 Å². The van der Waals surface area contributed by atoms with Gasteiger partial charge in [-0.1, -0.05) is 41.4 Å². The molecule has 1 aromatic heterocycles. The number of hydrogen-bond donors (Lipinski definition) is 2. The highest BCUT2D eigenvalue weighted by Gasteiger charge is 2.09. The van der Waals surface area contributed by atoms with Gasteiger partial charge in [0.15, 0.2) is 5.82 Å². The average Bonchev–Trinajstić information content (AvgIpc) is 2.56. The lowest BCUT2D eigenvalue weighted by Crippen LogP contribution is -2.04. The molecular weight excluding hydrogens is 345 g/mol. The van der Waals surface area contributed by atoms with E-state index in [1.54, 1.807) is 24.4 Å². The smallest absolute Gasteiger partial charge is 0.249 e. The summed E-state index contributed by atoms with van der Waals surface area (Å²) in [6.45, 7) is 4.11. The Morgan fingerprint density at radius 2 is 1.62 bits per heavy atom. The lowest BCUT2D eigenvalue weighted by molar-refractivity contribution is 0.982. The maximum Gasteiger partial charge on any atom is 0.249 e. The zero-order valence-corrected chi connectivity index (χ0v) is 14.7. The van der Waals surface area contributed by atoms with Gasteiger partial charge in [0.05, 0.1) is 21.9 Å². The van der Waals surface area contributed by atoms with Crippen LogP contribution in [0, 0.1) is 13.8 Å². The molecule has 0 atom stereocenters. The van der Waals surface area contributed by atoms with Crippen LogP contribution in [0.25, 0.3) is 0 Å². The predicted molar refractivity (Wildman–Crippen MR) is 98.8 cm³/mol. The summed E-state index contributed by atoms with van der Waals surface area (Å²) in [6.07, 6.45) is 1.56. The Kier molecular flexibility index (Phi) is 4.83. The second-order valence-electron chi connectivity index (χ2n) is 5.26. The largest absolute Gasteiger partial charge is 0.339 e. The van der Waals surface area contributed by atoms with Crippen molar-refractivity contribution in [3.63, 3.8) is 0 Å². The molecular formula is C17H15Cl2N5. The molecule has 0 saturated heterocycles. The molecule has 0 unspecified atom stereocenters. The van der Waals surface area contributed by atoms with E-state index >= 15 is 0 Å². The van der Waals surface area contributed by atoms with Gasteiger partial charge in [-0.25, -0.2) is 0 Å². The van der Waals surface area contributed by atoms with E-state index in [1.165, 1.54) is 5.56 Å². The molecule has 0 spiro atoms. The Labute approximate surface area is 150 Å². The van der Waals surface area contributed by atoms with Crippen LogP contribution in [0.15, 0.2) is 42.6 Å². The van der Waals surface area contributed by atoms with Crippen molar-refractivity contribution in [2.45, 2.75) is 13.8 Å². The van der Waals surface area contributed by atoms with Crippen LogP contribution in [-0.2, 0) is 0 Å². The molecule has 2 aromatic carbocycles. The summed E-state index contributed by atoms with van der Waals surface area (Å²) in [5.41, 5.74) is 3.87. The number of anilines is 4. The predicted octanol–water partition coefficient (Wildman–Crippen LogP) is 5.28. The molecule has 0 bridgehead atoms. The Balaban J connectivity index is 1.86. The van der Waals surface area contributed by atoms with Crippen molar-refractivity contribution in [1.29, 1.82) is 0 Å². The van der Waals surface area contributed by atoms with Gasteiger partial charge in [0.1, 0.15) is 0 Å². The standard InChI is InChI=1S/C17H15Cl2N5/c1-10-5-3-8-14(11(10)2)21-15-9-20-24-17(22-15)23-16-12(18)6-4-7-13(16)19/h3-9H,1-2H3,(H2,21,22,23,24). The first-order chi connectivity index (χ1) is 11.5. The molecule has 24 heavy (non-hydrogen) atoms. The fourth-order valence-corrected chi connectivity index (χ4v) is 2.66. The first-order valence-corrected chi connectivity index (χ1v) is 8.04. The fraction of sp³-hybridized carbons (Fsp3) is 0.118. The van der Waals surface area contributed by atoms with Crippen LogP contribution in [0.5, 0.6) is 0 Å². The van der Waals surface area contributed by atoms with E-state index in [2.05, 4.69) is 45.7 Å². The number of para-hydroxylation sites is 1. The van der Waals surface area contributed by atoms with Gasteiger partial charge in [-0.3, -0.25) is 0 Å². The lowest BCUT2D eigenvalue weighted by atomic mass is 10.1. The minimum atomic E-state index is 0.306. The summed E-state index contributed by atoms with van der Waals surface area (Å²) < 4.78 is 0. The summed E-state index contributed by atoms with van der Waals surface area (Å²) in [5, 5.41) is 15.2. The third-order valence-corrected chi connectivity index (χ3v) is 4.26. The molecule has 0 aliphatic heterocycles. The minimum absolute atomic E-state index is 0.306. The second kappa shape index (κ2) is 7.03. The van der Waals surface area contributed by atoms with Crippen LogP contribution in [-0.4, -0.2) is 15.2 Å². The highest BCUT2D eigenvalue weighted by Crippen LogP contribution is 2.31. The van der Waals surface area contributed by atoms with Crippen LogP contribution in [0.1, 0.15) is 11.1 Å². The zero-order valence-electron chi connectivity index (χ0n) is 13.1. The van der Waals surface area contributed by atoms with Gasteiger partial charge >= 0.3 is 0 Å². The first kappa shape index (κ1) is 16.5. The number of benzene rings is 2. The van der Waals surface area contributed by atoms with Crippen LogP contribution < -0.4 is 10.6 Å². The summed E-state index contributed by atoms with van der Waals surface area (Å²) >= 11 is 12.3. The molecule has 2 N–H and O–H groups in total. The van der Waals surface area contributed by atoms with Gasteiger partial charge in [0.2, 0.25) is 5.95 Å². The molecule has 0 aliphatic rings. The van der Waals surface area contributed by atoms with E-state index in [0.29, 0.717) is 27.5 Å². The number of hydrogen-bond acceptors (Lipinski definition) is 5. The highest BCUT2D eigenvalue weighted by molar-refractivity contribution is 6.39. The van der Waals surface area contributed by atoms with Gasteiger partial charge in [-0.05, 0) is 43.2 Å². The molecule has 122 valence electrons. The number of nitrogens with zero attached hydrogens (tertiary/aromatic N) is 3. The molecule has 5 nitrogen and oxygen atoms in total. The summed E-state index contributed by atoms with van der Waals surface area (Å²) in [7, 11) is 0. The highest BCUT2D eigenvalue weighted by atomic mass is 35.5. The summed E-state index contributed by atoms with van der Waals surface area (Å²) in [5.74, 6) is 0.879. The van der Waals surface area contributed by atoms with Crippen molar-refractivity contribution in [2.75, 3.05) is 10.6 Å². The van der Waals surface area contributed by atoms with Crippen LogP contribution in [0.4, 0.5) is 23.1 Å². The van der Waals surface area contributed by atoms with Crippen molar-refractivity contribution in [1.82, 2.24) is 15.2 Å². The Hall–Kier alpha value is -2.37. The number of aromatic nitrogens is 3. The molecule has 0 fully saturated rings. The maximum absolute atomic E-state index is 6.15. The molecule has 0 amide bonds. The maximum atomic E-state index is 6.15. The van der Waals surface area contributed by atoms with Gasteiger partial charge < -0.3 is 10.6 Å². The van der Waals surface area contributed by atoms with Gasteiger partial charge in [-0.2, -0.15) is 10.1 Å². The van der Waals surface area contributed by atoms with E-state index in [4.69, 9.17) is 23.2 Å². The lowest BCUT2D eigenvalue weighted by Gasteiger charge is -2.12. The van der Waals surface area contributed by atoms with Crippen molar-refractivity contribution in [3.8, 4) is 0 Å². The van der Waals surface area contributed by atoms with E-state index in [1.807, 2.05) is 12.1 Å². The van der Waals surface area contributed by atoms with E-state index in [0.717, 1.165) is 11.3 Å². The summed E-state index contributed by atoms with van der Waals surface area (Å²) in [4.78, 5) is 4.40. The van der Waals surface area contributed by atoms with Gasteiger partial charge in [0.25, 0.3) is 0 Å². The third-order valence-electron chi connectivity index (χ3n) is 3.63. The van der Waals surface area contributed by atoms with Crippen LogP contribution in [0.3, 0.4) is 0 Å². The van der Waals surface area contributed by atoms with Crippen LogP contribution >= 0.6 is 23.2 Å². The van der Waals surface area contributed by atoms with Crippen molar-refractivity contribution >= 4 is 46.3 Å². The topological polar surface area (TPSA) is 62.7 Å². The Bertz CT molecular complexity index is 862. The van der Waals surface area contributed by atoms with Crippen molar-refractivity contribution < 1.29 is 0 Å².